The average molecular weight is 667 g/mol. The number of methoxy groups -OCH3 is 1. The minimum atomic E-state index is -0.428. The van der Waals surface area contributed by atoms with Crippen molar-refractivity contribution in [1.29, 1.82) is 0 Å². The van der Waals surface area contributed by atoms with Gasteiger partial charge in [0.05, 0.1) is 40.9 Å². The lowest BCUT2D eigenvalue weighted by atomic mass is 10.1. The third-order valence-electron chi connectivity index (χ3n) is 7.46. The monoisotopic (exact) mass is 665 g/mol. The molecule has 0 saturated carbocycles. The van der Waals surface area contributed by atoms with Crippen molar-refractivity contribution < 1.29 is 18.7 Å². The van der Waals surface area contributed by atoms with Gasteiger partial charge in [0.2, 0.25) is 11.8 Å². The lowest BCUT2D eigenvalue weighted by Crippen LogP contribution is -2.35. The van der Waals surface area contributed by atoms with Crippen molar-refractivity contribution >= 4 is 40.7 Å². The maximum Gasteiger partial charge on any atom is 0.274 e. The van der Waals surface area contributed by atoms with Crippen LogP contribution in [0.1, 0.15) is 40.9 Å². The third kappa shape index (κ3) is 8.16. The molecule has 3 aromatic heterocycles. The maximum atomic E-state index is 13.0. The fourth-order valence-corrected chi connectivity index (χ4v) is 5.63. The van der Waals surface area contributed by atoms with Crippen molar-refractivity contribution in [3.63, 3.8) is 0 Å². The number of hydrogen-bond donors (Lipinski definition) is 4. The summed E-state index contributed by atoms with van der Waals surface area (Å²) < 4.78 is 17.9. The van der Waals surface area contributed by atoms with Crippen LogP contribution < -0.4 is 26.0 Å². The number of ether oxygens (including phenoxy) is 1. The van der Waals surface area contributed by atoms with Crippen molar-refractivity contribution in [1.82, 2.24) is 30.9 Å². The quantitative estimate of drug-likeness (QED) is 0.128. The van der Waals surface area contributed by atoms with Gasteiger partial charge < -0.3 is 26.0 Å². The number of carbonyl (C=O) groups is 2. The van der Waals surface area contributed by atoms with Gasteiger partial charge >= 0.3 is 0 Å². The lowest BCUT2D eigenvalue weighted by molar-refractivity contribution is -0.119. The fraction of sp³-hybridized carbons (Fsp3) is 0.303. The highest BCUT2D eigenvalue weighted by Crippen LogP contribution is 2.40. The number of nitrogens with zero attached hydrogens (tertiary/aromatic N) is 3. The van der Waals surface area contributed by atoms with Crippen LogP contribution in [0.5, 0.6) is 5.88 Å². The smallest absolute Gasteiger partial charge is 0.274 e. The van der Waals surface area contributed by atoms with Gasteiger partial charge in [-0.25, -0.2) is 4.98 Å². The number of nitrogens with one attached hydrogen (secondary N) is 4. The Kier molecular flexibility index (Phi) is 11.5. The van der Waals surface area contributed by atoms with Crippen LogP contribution in [0.25, 0.3) is 22.5 Å². The fourth-order valence-electron chi connectivity index (χ4n) is 5.06. The van der Waals surface area contributed by atoms with Crippen LogP contribution in [0.4, 0.5) is 10.1 Å². The van der Waals surface area contributed by atoms with Crippen LogP contribution in [0.15, 0.2) is 60.9 Å². The van der Waals surface area contributed by atoms with E-state index in [1.165, 1.54) is 0 Å². The van der Waals surface area contributed by atoms with Gasteiger partial charge in [-0.3, -0.25) is 23.9 Å². The molecule has 1 aliphatic heterocycles. The molecule has 2 amide bonds. The zero-order valence-corrected chi connectivity index (χ0v) is 26.7. The summed E-state index contributed by atoms with van der Waals surface area (Å²) in [5.41, 5.74) is 4.51. The van der Waals surface area contributed by atoms with E-state index in [1.807, 2.05) is 12.1 Å². The lowest BCUT2D eigenvalue weighted by Gasteiger charge is -2.15. The van der Waals surface area contributed by atoms with E-state index in [2.05, 4.69) is 31.2 Å². The number of carbonyl (C=O) groups excluding carboxylic acids is 2. The van der Waals surface area contributed by atoms with E-state index >= 15 is 0 Å². The molecular formula is C33H34Cl2FN7O3. The summed E-state index contributed by atoms with van der Waals surface area (Å²) in [6, 6.07) is 14.3. The standard InChI is InChI=1S/C33H34Cl2FN7O3/c1-46-33-21(18-38-19-22-8-11-28(44)41-22)7-10-25(43-33)23-12-15-39-31(30(23)35)24-4-2-5-26(29(24)34)42-32(45)27-9-6-20(17-40-27)16-37-14-3-13-36/h2,4-7,9-10,12,15,17,22,37-38H,3,8,11,13-14,16,18-19H2,1H3,(H,41,44)(H,42,45)/t22-/m0/s1. The summed E-state index contributed by atoms with van der Waals surface area (Å²) in [6.45, 7) is 1.90. The van der Waals surface area contributed by atoms with E-state index in [9.17, 15) is 14.0 Å². The number of hydrogen-bond acceptors (Lipinski definition) is 8. The second kappa shape index (κ2) is 15.9. The summed E-state index contributed by atoms with van der Waals surface area (Å²) in [6.07, 6.45) is 5.04. The van der Waals surface area contributed by atoms with E-state index in [0.29, 0.717) is 78.1 Å². The van der Waals surface area contributed by atoms with Gasteiger partial charge in [-0.1, -0.05) is 47.5 Å². The molecule has 0 spiro atoms. The van der Waals surface area contributed by atoms with Gasteiger partial charge in [0.15, 0.2) is 0 Å². The van der Waals surface area contributed by atoms with Crippen molar-refractivity contribution in [2.24, 2.45) is 0 Å². The van der Waals surface area contributed by atoms with E-state index in [1.54, 1.807) is 55.9 Å². The Hall–Kier alpha value is -4.16. The van der Waals surface area contributed by atoms with Gasteiger partial charge in [-0.05, 0) is 49.2 Å². The van der Waals surface area contributed by atoms with Crippen molar-refractivity contribution in [2.75, 3.05) is 32.2 Å². The molecule has 0 radical (unpaired) electrons. The molecule has 13 heteroatoms. The summed E-state index contributed by atoms with van der Waals surface area (Å²) >= 11 is 13.7. The molecule has 46 heavy (non-hydrogen) atoms. The molecule has 0 unspecified atom stereocenters. The largest absolute Gasteiger partial charge is 0.481 e. The highest BCUT2D eigenvalue weighted by molar-refractivity contribution is 6.39. The summed E-state index contributed by atoms with van der Waals surface area (Å²) in [7, 11) is 1.56. The SMILES string of the molecule is COc1nc(-c2ccnc(-c3cccc(NC(=O)c4ccc(CNCCCF)cn4)c3Cl)c2Cl)ccc1CNC[C@@H]1CCC(=O)N1. The average Bonchev–Trinajstić information content (AvgIpc) is 3.49. The Bertz CT molecular complexity index is 1690. The van der Waals surface area contributed by atoms with E-state index in [4.69, 9.17) is 32.9 Å². The first-order chi connectivity index (χ1) is 22.4. The highest BCUT2D eigenvalue weighted by atomic mass is 35.5. The number of aromatic nitrogens is 3. The molecule has 1 aliphatic rings. The minimum absolute atomic E-state index is 0.0813. The van der Waals surface area contributed by atoms with Crippen LogP contribution in [-0.2, 0) is 17.9 Å². The Morgan fingerprint density at radius 1 is 1.04 bits per heavy atom. The Labute approximate surface area is 276 Å². The Balaban J connectivity index is 1.30. The molecular weight excluding hydrogens is 632 g/mol. The number of pyridine rings is 3. The normalized spacial score (nSPS) is 14.3. The minimum Gasteiger partial charge on any atom is -0.481 e. The zero-order chi connectivity index (χ0) is 32.5. The van der Waals surface area contributed by atoms with Crippen LogP contribution in [0.3, 0.4) is 0 Å². The molecule has 4 heterocycles. The van der Waals surface area contributed by atoms with Crippen molar-refractivity contribution in [3.8, 4) is 28.4 Å². The van der Waals surface area contributed by atoms with Crippen LogP contribution in [-0.4, -0.2) is 59.7 Å². The van der Waals surface area contributed by atoms with Gasteiger partial charge in [0.25, 0.3) is 5.91 Å². The predicted octanol–water partition coefficient (Wildman–Crippen LogP) is 5.59. The zero-order valence-electron chi connectivity index (χ0n) is 25.2. The molecule has 1 atom stereocenters. The van der Waals surface area contributed by atoms with Crippen LogP contribution in [0.2, 0.25) is 10.0 Å². The number of halogens is 3. The Morgan fingerprint density at radius 3 is 2.65 bits per heavy atom. The highest BCUT2D eigenvalue weighted by Gasteiger charge is 2.21. The van der Waals surface area contributed by atoms with Crippen molar-refractivity contribution in [3.05, 3.63) is 87.8 Å². The summed E-state index contributed by atoms with van der Waals surface area (Å²) in [4.78, 5) is 37.9. The molecule has 1 saturated heterocycles. The van der Waals surface area contributed by atoms with Crippen LogP contribution >= 0.6 is 23.2 Å². The third-order valence-corrected chi connectivity index (χ3v) is 8.25. The second-order valence-corrected chi connectivity index (χ2v) is 11.5. The van der Waals surface area contributed by atoms with E-state index < -0.39 is 5.91 Å². The van der Waals surface area contributed by atoms with E-state index in [0.717, 1.165) is 17.5 Å². The number of alkyl halides is 1. The first-order valence-electron chi connectivity index (χ1n) is 14.9. The van der Waals surface area contributed by atoms with E-state index in [-0.39, 0.29) is 29.3 Å². The topological polar surface area (TPSA) is 130 Å². The number of rotatable bonds is 14. The molecule has 240 valence electrons. The van der Waals surface area contributed by atoms with Gasteiger partial charge in [0.1, 0.15) is 5.69 Å². The van der Waals surface area contributed by atoms with Crippen molar-refractivity contribution in [2.45, 2.75) is 38.4 Å². The summed E-state index contributed by atoms with van der Waals surface area (Å²) in [5, 5.41) is 12.9. The summed E-state index contributed by atoms with van der Waals surface area (Å²) in [5.74, 6) is 0.104. The molecule has 4 N–H and O–H groups in total. The molecule has 0 aliphatic carbocycles. The molecule has 0 bridgehead atoms. The molecule has 1 aromatic carbocycles. The molecule has 1 fully saturated rings. The number of amides is 2. The molecule has 5 rings (SSSR count). The maximum absolute atomic E-state index is 13.0. The molecule has 10 nitrogen and oxygen atoms in total. The van der Waals surface area contributed by atoms with Crippen LogP contribution in [0, 0.1) is 0 Å². The Morgan fingerprint density at radius 2 is 1.91 bits per heavy atom. The number of benzene rings is 1. The van der Waals surface area contributed by atoms with Gasteiger partial charge in [-0.15, -0.1) is 0 Å². The number of anilines is 1. The van der Waals surface area contributed by atoms with Gasteiger partial charge in [0, 0.05) is 61.2 Å². The first-order valence-corrected chi connectivity index (χ1v) is 15.6. The predicted molar refractivity (Wildman–Crippen MR) is 177 cm³/mol. The van der Waals surface area contributed by atoms with Gasteiger partial charge in [-0.2, -0.15) is 0 Å². The second-order valence-electron chi connectivity index (χ2n) is 10.7. The molecule has 4 aromatic rings. The first kappa shape index (κ1) is 33.2.